The summed E-state index contributed by atoms with van der Waals surface area (Å²) in [5.74, 6) is -1.10. The lowest BCUT2D eigenvalue weighted by Crippen LogP contribution is -2.50. The van der Waals surface area contributed by atoms with Crippen LogP contribution in [0.25, 0.3) is 0 Å². The molecule has 0 bridgehead atoms. The summed E-state index contributed by atoms with van der Waals surface area (Å²) in [6.07, 6.45) is 2.09. The summed E-state index contributed by atoms with van der Waals surface area (Å²) >= 11 is 0. The second-order valence-corrected chi connectivity index (χ2v) is 11.8. The Kier molecular flexibility index (Phi) is 7.40. The van der Waals surface area contributed by atoms with Crippen molar-refractivity contribution in [1.82, 2.24) is 19.2 Å². The fourth-order valence-electron chi connectivity index (χ4n) is 3.63. The number of sulfonamides is 2. The SMILES string of the molecule is CS(=O)(=O)N1CCN(C(=O)c2ccc(Nc3nc(Nc4cccc(S(N)(=O)=O)c4)ncc3F)cc2)CC1. The van der Waals surface area contributed by atoms with E-state index in [1.165, 1.54) is 22.5 Å². The minimum absolute atomic E-state index is 0.00973. The van der Waals surface area contributed by atoms with Gasteiger partial charge in [-0.15, -0.1) is 0 Å². The van der Waals surface area contributed by atoms with Gasteiger partial charge in [0.15, 0.2) is 11.6 Å². The number of amides is 1. The lowest BCUT2D eigenvalue weighted by Gasteiger charge is -2.33. The molecule has 0 spiro atoms. The Morgan fingerprint density at radius 1 is 0.973 bits per heavy atom. The monoisotopic (exact) mass is 549 g/mol. The Bertz CT molecular complexity index is 1530. The van der Waals surface area contributed by atoms with Crippen LogP contribution < -0.4 is 15.8 Å². The highest BCUT2D eigenvalue weighted by molar-refractivity contribution is 7.89. The third kappa shape index (κ3) is 6.56. The molecule has 2 heterocycles. The average molecular weight is 550 g/mol. The number of benzene rings is 2. The number of nitrogens with one attached hydrogen (secondary N) is 2. The highest BCUT2D eigenvalue weighted by atomic mass is 32.2. The van der Waals surface area contributed by atoms with E-state index in [2.05, 4.69) is 20.6 Å². The van der Waals surface area contributed by atoms with Crippen molar-refractivity contribution in [3.63, 3.8) is 0 Å². The first-order chi connectivity index (χ1) is 17.4. The second-order valence-electron chi connectivity index (χ2n) is 8.24. The summed E-state index contributed by atoms with van der Waals surface area (Å²) in [6.45, 7) is 1.04. The molecule has 196 valence electrons. The first-order valence-electron chi connectivity index (χ1n) is 10.9. The van der Waals surface area contributed by atoms with Crippen LogP contribution in [0.4, 0.5) is 27.5 Å². The number of anilines is 4. The number of hydrogen-bond acceptors (Lipinski definition) is 9. The maximum Gasteiger partial charge on any atom is 0.253 e. The number of rotatable bonds is 7. The molecule has 1 aliphatic heterocycles. The number of piperazine rings is 1. The number of nitrogens with two attached hydrogens (primary N) is 1. The van der Waals surface area contributed by atoms with Crippen LogP contribution in [0.1, 0.15) is 10.4 Å². The molecule has 1 aliphatic rings. The maximum atomic E-state index is 14.4. The lowest BCUT2D eigenvalue weighted by atomic mass is 10.1. The van der Waals surface area contributed by atoms with Crippen LogP contribution >= 0.6 is 0 Å². The molecule has 4 N–H and O–H groups in total. The van der Waals surface area contributed by atoms with Gasteiger partial charge in [-0.25, -0.2) is 31.3 Å². The van der Waals surface area contributed by atoms with Gasteiger partial charge in [0.05, 0.1) is 17.3 Å². The number of primary sulfonamides is 1. The quantitative estimate of drug-likeness (QED) is 0.395. The summed E-state index contributed by atoms with van der Waals surface area (Å²) < 4.78 is 62.1. The van der Waals surface area contributed by atoms with Crippen LogP contribution in [0.2, 0.25) is 0 Å². The number of halogens is 1. The first-order valence-corrected chi connectivity index (χ1v) is 14.3. The summed E-state index contributed by atoms with van der Waals surface area (Å²) in [6, 6.07) is 12.0. The van der Waals surface area contributed by atoms with Crippen LogP contribution in [-0.2, 0) is 20.0 Å². The van der Waals surface area contributed by atoms with Gasteiger partial charge < -0.3 is 15.5 Å². The molecular formula is C22H24FN7O5S2. The van der Waals surface area contributed by atoms with Crippen molar-refractivity contribution in [3.8, 4) is 0 Å². The smallest absolute Gasteiger partial charge is 0.253 e. The van der Waals surface area contributed by atoms with Crippen molar-refractivity contribution < 1.29 is 26.0 Å². The molecule has 12 nitrogen and oxygen atoms in total. The number of aromatic nitrogens is 2. The molecule has 3 aromatic rings. The minimum Gasteiger partial charge on any atom is -0.338 e. The molecule has 15 heteroatoms. The van der Waals surface area contributed by atoms with E-state index in [-0.39, 0.29) is 48.7 Å². The molecule has 1 aromatic heterocycles. The van der Waals surface area contributed by atoms with Crippen molar-refractivity contribution in [2.45, 2.75) is 4.90 Å². The Hall–Kier alpha value is -3.66. The molecule has 1 amide bonds. The summed E-state index contributed by atoms with van der Waals surface area (Å²) in [5, 5.41) is 10.8. The third-order valence-corrected chi connectivity index (χ3v) is 7.77. The molecule has 2 aromatic carbocycles. The van der Waals surface area contributed by atoms with E-state index in [1.807, 2.05) is 0 Å². The number of hydrogen-bond donors (Lipinski definition) is 3. The van der Waals surface area contributed by atoms with Gasteiger partial charge in [-0.05, 0) is 42.5 Å². The zero-order valence-corrected chi connectivity index (χ0v) is 21.3. The van der Waals surface area contributed by atoms with Gasteiger partial charge in [0.2, 0.25) is 26.0 Å². The Morgan fingerprint density at radius 2 is 1.65 bits per heavy atom. The van der Waals surface area contributed by atoms with Crippen LogP contribution in [-0.4, -0.2) is 74.4 Å². The molecule has 4 rings (SSSR count). The van der Waals surface area contributed by atoms with E-state index in [9.17, 15) is 26.0 Å². The van der Waals surface area contributed by atoms with Crippen LogP contribution in [0.15, 0.2) is 59.6 Å². The topological polar surface area (TPSA) is 168 Å². The summed E-state index contributed by atoms with van der Waals surface area (Å²) in [5.41, 5.74) is 1.20. The molecule has 0 unspecified atom stereocenters. The number of nitrogens with zero attached hydrogens (tertiary/aromatic N) is 4. The van der Waals surface area contributed by atoms with Crippen LogP contribution in [0.3, 0.4) is 0 Å². The van der Waals surface area contributed by atoms with Crippen LogP contribution in [0.5, 0.6) is 0 Å². The van der Waals surface area contributed by atoms with Gasteiger partial charge in [-0.1, -0.05) is 6.07 Å². The zero-order valence-electron chi connectivity index (χ0n) is 19.6. The van der Waals surface area contributed by atoms with E-state index < -0.39 is 25.9 Å². The van der Waals surface area contributed by atoms with E-state index in [1.54, 1.807) is 35.2 Å². The Morgan fingerprint density at radius 3 is 2.27 bits per heavy atom. The summed E-state index contributed by atoms with van der Waals surface area (Å²) in [4.78, 5) is 22.2. The predicted molar refractivity (Wildman–Crippen MR) is 135 cm³/mol. The maximum absolute atomic E-state index is 14.4. The van der Waals surface area contributed by atoms with Gasteiger partial charge in [-0.2, -0.15) is 9.29 Å². The van der Waals surface area contributed by atoms with Crippen molar-refractivity contribution in [3.05, 3.63) is 66.1 Å². The largest absolute Gasteiger partial charge is 0.338 e. The molecule has 1 saturated heterocycles. The Labute approximate surface area is 213 Å². The predicted octanol–water partition coefficient (Wildman–Crippen LogP) is 1.47. The summed E-state index contributed by atoms with van der Waals surface area (Å²) in [7, 11) is -7.20. The normalized spacial score (nSPS) is 14.8. The first kappa shape index (κ1) is 26.4. The van der Waals surface area contributed by atoms with Gasteiger partial charge in [0, 0.05) is 43.1 Å². The molecule has 37 heavy (non-hydrogen) atoms. The third-order valence-electron chi connectivity index (χ3n) is 5.55. The van der Waals surface area contributed by atoms with Crippen molar-refractivity contribution in [2.24, 2.45) is 5.14 Å². The lowest BCUT2D eigenvalue weighted by molar-refractivity contribution is 0.0698. The van der Waals surface area contributed by atoms with E-state index in [0.717, 1.165) is 12.5 Å². The number of carbonyl (C=O) groups is 1. The van der Waals surface area contributed by atoms with Crippen LogP contribution in [0, 0.1) is 5.82 Å². The van der Waals surface area contributed by atoms with Gasteiger partial charge in [-0.3, -0.25) is 4.79 Å². The molecular weight excluding hydrogens is 525 g/mol. The van der Waals surface area contributed by atoms with Crippen molar-refractivity contribution in [2.75, 3.05) is 43.1 Å². The standard InChI is InChI=1S/C22H24FN7O5S2/c1-36(32,33)30-11-9-29(10-12-30)21(31)15-5-7-16(8-6-15)26-20-19(23)14-25-22(28-20)27-17-3-2-4-18(13-17)37(24,34)35/h2-8,13-14H,9-12H2,1H3,(H2,24,34,35)(H2,25,26,27,28). The van der Waals surface area contributed by atoms with E-state index in [0.29, 0.717) is 16.9 Å². The van der Waals surface area contributed by atoms with E-state index in [4.69, 9.17) is 5.14 Å². The van der Waals surface area contributed by atoms with Crippen molar-refractivity contribution in [1.29, 1.82) is 0 Å². The van der Waals surface area contributed by atoms with E-state index >= 15 is 0 Å². The molecule has 0 saturated carbocycles. The molecule has 0 radical (unpaired) electrons. The zero-order chi connectivity index (χ0) is 26.8. The molecule has 1 fully saturated rings. The highest BCUT2D eigenvalue weighted by Gasteiger charge is 2.26. The van der Waals surface area contributed by atoms with Gasteiger partial charge in [0.25, 0.3) is 5.91 Å². The fraction of sp³-hybridized carbons (Fsp3) is 0.227. The molecule has 0 aliphatic carbocycles. The number of carbonyl (C=O) groups excluding carboxylic acids is 1. The highest BCUT2D eigenvalue weighted by Crippen LogP contribution is 2.22. The van der Waals surface area contributed by atoms with Gasteiger partial charge >= 0.3 is 0 Å². The van der Waals surface area contributed by atoms with Crippen molar-refractivity contribution >= 4 is 49.1 Å². The molecule has 0 atom stereocenters. The average Bonchev–Trinajstić information content (AvgIpc) is 2.85. The fourth-order valence-corrected chi connectivity index (χ4v) is 5.02. The second kappa shape index (κ2) is 10.4. The Balaban J connectivity index is 1.43. The van der Waals surface area contributed by atoms with Gasteiger partial charge in [0.1, 0.15) is 0 Å². The minimum atomic E-state index is -3.91.